The SMILES string of the molecule is COc1ccccc1NC(=O)c1snnc1-c1ccc(F)cc1. The van der Waals surface area contributed by atoms with Crippen LogP contribution in [-0.2, 0) is 0 Å². The molecular formula is C16H12FN3O2S. The van der Waals surface area contributed by atoms with E-state index >= 15 is 0 Å². The number of nitrogens with zero attached hydrogens (tertiary/aromatic N) is 2. The van der Waals surface area contributed by atoms with Crippen LogP contribution in [-0.4, -0.2) is 22.6 Å². The van der Waals surface area contributed by atoms with E-state index in [-0.39, 0.29) is 11.7 Å². The number of hydrogen-bond donors (Lipinski definition) is 1. The van der Waals surface area contributed by atoms with E-state index < -0.39 is 0 Å². The van der Waals surface area contributed by atoms with Crippen molar-refractivity contribution >= 4 is 23.1 Å². The Morgan fingerprint density at radius 1 is 1.17 bits per heavy atom. The van der Waals surface area contributed by atoms with Crippen LogP contribution in [0.2, 0.25) is 0 Å². The highest BCUT2D eigenvalue weighted by Crippen LogP contribution is 2.27. The molecule has 23 heavy (non-hydrogen) atoms. The van der Waals surface area contributed by atoms with Crippen molar-refractivity contribution in [3.63, 3.8) is 0 Å². The van der Waals surface area contributed by atoms with Gasteiger partial charge in [-0.05, 0) is 47.9 Å². The van der Waals surface area contributed by atoms with Gasteiger partial charge in [-0.2, -0.15) is 0 Å². The van der Waals surface area contributed by atoms with Crippen LogP contribution in [0.5, 0.6) is 5.75 Å². The summed E-state index contributed by atoms with van der Waals surface area (Å²) < 4.78 is 22.1. The first-order valence-electron chi connectivity index (χ1n) is 6.71. The number of rotatable bonds is 4. The molecule has 0 saturated heterocycles. The number of benzene rings is 2. The van der Waals surface area contributed by atoms with Crippen molar-refractivity contribution in [1.82, 2.24) is 9.59 Å². The zero-order valence-corrected chi connectivity index (χ0v) is 12.9. The minimum atomic E-state index is -0.350. The molecule has 0 aliphatic carbocycles. The molecule has 0 spiro atoms. The highest BCUT2D eigenvalue weighted by molar-refractivity contribution is 7.08. The lowest BCUT2D eigenvalue weighted by Gasteiger charge is -2.09. The zero-order valence-electron chi connectivity index (χ0n) is 12.1. The summed E-state index contributed by atoms with van der Waals surface area (Å²) in [6.45, 7) is 0. The Morgan fingerprint density at radius 2 is 1.91 bits per heavy atom. The normalized spacial score (nSPS) is 10.3. The molecule has 0 aliphatic heterocycles. The fraction of sp³-hybridized carbons (Fsp3) is 0.0625. The first-order chi connectivity index (χ1) is 11.2. The Morgan fingerprint density at radius 3 is 2.65 bits per heavy atom. The van der Waals surface area contributed by atoms with Gasteiger partial charge in [-0.3, -0.25) is 4.79 Å². The minimum absolute atomic E-state index is 0.344. The Bertz CT molecular complexity index is 833. The van der Waals surface area contributed by atoms with Crippen molar-refractivity contribution in [2.75, 3.05) is 12.4 Å². The first kappa shape index (κ1) is 15.1. The van der Waals surface area contributed by atoms with Crippen LogP contribution in [0.25, 0.3) is 11.3 Å². The molecule has 0 unspecified atom stereocenters. The van der Waals surface area contributed by atoms with E-state index in [2.05, 4.69) is 14.9 Å². The lowest BCUT2D eigenvalue weighted by Crippen LogP contribution is -2.12. The van der Waals surface area contributed by atoms with Gasteiger partial charge < -0.3 is 10.1 Å². The van der Waals surface area contributed by atoms with Crippen molar-refractivity contribution in [3.8, 4) is 17.0 Å². The molecule has 0 aliphatic rings. The van der Waals surface area contributed by atoms with Gasteiger partial charge in [0.1, 0.15) is 22.1 Å². The van der Waals surface area contributed by atoms with Crippen LogP contribution in [0.3, 0.4) is 0 Å². The average molecular weight is 329 g/mol. The van der Waals surface area contributed by atoms with Crippen LogP contribution in [0.15, 0.2) is 48.5 Å². The predicted molar refractivity (Wildman–Crippen MR) is 86.3 cm³/mol. The molecule has 1 heterocycles. The van der Waals surface area contributed by atoms with Gasteiger partial charge in [0, 0.05) is 5.56 Å². The van der Waals surface area contributed by atoms with Gasteiger partial charge >= 0.3 is 0 Å². The number of nitrogens with one attached hydrogen (secondary N) is 1. The number of amides is 1. The third-order valence-corrected chi connectivity index (χ3v) is 3.89. The monoisotopic (exact) mass is 329 g/mol. The van der Waals surface area contributed by atoms with E-state index in [9.17, 15) is 9.18 Å². The maximum atomic E-state index is 13.0. The Balaban J connectivity index is 1.89. The molecule has 1 amide bonds. The highest BCUT2D eigenvalue weighted by Gasteiger charge is 2.19. The number of halogens is 1. The smallest absolute Gasteiger partial charge is 0.269 e. The summed E-state index contributed by atoms with van der Waals surface area (Å²) in [6, 6.07) is 12.9. The quantitative estimate of drug-likeness (QED) is 0.794. The van der Waals surface area contributed by atoms with E-state index in [0.29, 0.717) is 27.6 Å². The molecule has 7 heteroatoms. The number of para-hydroxylation sites is 2. The second-order valence-corrected chi connectivity index (χ2v) is 5.37. The lowest BCUT2D eigenvalue weighted by atomic mass is 10.1. The maximum Gasteiger partial charge on any atom is 0.269 e. The molecule has 3 aromatic rings. The number of aromatic nitrogens is 2. The number of methoxy groups -OCH3 is 1. The summed E-state index contributed by atoms with van der Waals surface area (Å²) in [5.74, 6) is -0.137. The van der Waals surface area contributed by atoms with Crippen LogP contribution in [0.1, 0.15) is 9.67 Å². The van der Waals surface area contributed by atoms with Crippen LogP contribution in [0, 0.1) is 5.82 Å². The molecule has 1 aromatic heterocycles. The molecule has 0 radical (unpaired) electrons. The molecule has 0 bridgehead atoms. The molecule has 3 rings (SSSR count). The summed E-state index contributed by atoms with van der Waals surface area (Å²) in [6.07, 6.45) is 0. The van der Waals surface area contributed by atoms with Crippen molar-refractivity contribution in [2.24, 2.45) is 0 Å². The number of carbonyl (C=O) groups is 1. The molecular weight excluding hydrogens is 317 g/mol. The molecule has 2 aromatic carbocycles. The van der Waals surface area contributed by atoms with Crippen LogP contribution < -0.4 is 10.1 Å². The van der Waals surface area contributed by atoms with Gasteiger partial charge in [0.2, 0.25) is 0 Å². The second kappa shape index (κ2) is 6.53. The fourth-order valence-electron chi connectivity index (χ4n) is 2.06. The van der Waals surface area contributed by atoms with Crippen molar-refractivity contribution in [3.05, 3.63) is 59.2 Å². The van der Waals surface area contributed by atoms with E-state index in [4.69, 9.17) is 4.74 Å². The van der Waals surface area contributed by atoms with Crippen molar-refractivity contribution < 1.29 is 13.9 Å². The van der Waals surface area contributed by atoms with Gasteiger partial charge in [-0.25, -0.2) is 4.39 Å². The molecule has 0 fully saturated rings. The highest BCUT2D eigenvalue weighted by atomic mass is 32.1. The summed E-state index contributed by atoms with van der Waals surface area (Å²) in [5.41, 5.74) is 1.60. The van der Waals surface area contributed by atoms with Crippen LogP contribution in [0.4, 0.5) is 10.1 Å². The molecule has 5 nitrogen and oxygen atoms in total. The Hall–Kier alpha value is -2.80. The predicted octanol–water partition coefficient (Wildman–Crippen LogP) is 3.61. The van der Waals surface area contributed by atoms with E-state index in [0.717, 1.165) is 11.5 Å². The van der Waals surface area contributed by atoms with Gasteiger partial charge in [-0.15, -0.1) is 5.10 Å². The summed E-state index contributed by atoms with van der Waals surface area (Å²) >= 11 is 0.982. The average Bonchev–Trinajstić information content (AvgIpc) is 3.06. The molecule has 1 N–H and O–H groups in total. The molecule has 0 saturated carbocycles. The van der Waals surface area contributed by atoms with E-state index in [1.807, 2.05) is 6.07 Å². The number of carbonyl (C=O) groups excluding carboxylic acids is 1. The summed E-state index contributed by atoms with van der Waals surface area (Å²) in [4.78, 5) is 12.8. The lowest BCUT2D eigenvalue weighted by molar-refractivity contribution is 0.103. The van der Waals surface area contributed by atoms with Gasteiger partial charge in [0.25, 0.3) is 5.91 Å². The third kappa shape index (κ3) is 3.19. The number of hydrogen-bond acceptors (Lipinski definition) is 5. The van der Waals surface area contributed by atoms with Crippen LogP contribution >= 0.6 is 11.5 Å². The third-order valence-electron chi connectivity index (χ3n) is 3.17. The summed E-state index contributed by atoms with van der Waals surface area (Å²) in [7, 11) is 1.53. The van der Waals surface area contributed by atoms with E-state index in [1.54, 1.807) is 30.3 Å². The van der Waals surface area contributed by atoms with Gasteiger partial charge in [0.15, 0.2) is 0 Å². The van der Waals surface area contributed by atoms with E-state index in [1.165, 1.54) is 19.2 Å². The maximum absolute atomic E-state index is 13.0. The Labute approximate surface area is 135 Å². The Kier molecular flexibility index (Phi) is 4.29. The fourth-order valence-corrected chi connectivity index (χ4v) is 2.65. The molecule has 116 valence electrons. The standard InChI is InChI=1S/C16H12FN3O2S/c1-22-13-5-3-2-4-12(13)18-16(21)15-14(19-20-23-15)10-6-8-11(17)9-7-10/h2-9H,1H3,(H,18,21). The van der Waals surface area contributed by atoms with Gasteiger partial charge in [-0.1, -0.05) is 16.6 Å². The van der Waals surface area contributed by atoms with Crippen molar-refractivity contribution in [2.45, 2.75) is 0 Å². The summed E-state index contributed by atoms with van der Waals surface area (Å²) in [5, 5.41) is 6.75. The number of anilines is 1. The number of ether oxygens (including phenoxy) is 1. The zero-order chi connectivity index (χ0) is 16.2. The first-order valence-corrected chi connectivity index (χ1v) is 7.49. The topological polar surface area (TPSA) is 64.1 Å². The minimum Gasteiger partial charge on any atom is -0.495 e. The van der Waals surface area contributed by atoms with Gasteiger partial charge in [0.05, 0.1) is 12.8 Å². The molecule has 0 atom stereocenters. The van der Waals surface area contributed by atoms with Crippen molar-refractivity contribution in [1.29, 1.82) is 0 Å². The second-order valence-electron chi connectivity index (χ2n) is 4.61. The largest absolute Gasteiger partial charge is 0.495 e.